The van der Waals surface area contributed by atoms with Crippen LogP contribution in [0.4, 0.5) is 4.79 Å². The van der Waals surface area contributed by atoms with Gasteiger partial charge in [0.05, 0.1) is 12.6 Å². The Morgan fingerprint density at radius 2 is 2.15 bits per heavy atom. The minimum atomic E-state index is -0.992. The van der Waals surface area contributed by atoms with E-state index in [0.717, 1.165) is 4.90 Å². The van der Waals surface area contributed by atoms with Crippen molar-refractivity contribution in [3.63, 3.8) is 0 Å². The minimum absolute atomic E-state index is 0.0928. The number of imide groups is 1. The van der Waals surface area contributed by atoms with Gasteiger partial charge >= 0.3 is 6.03 Å². The van der Waals surface area contributed by atoms with E-state index in [9.17, 15) is 14.4 Å². The summed E-state index contributed by atoms with van der Waals surface area (Å²) < 4.78 is 4.92. The summed E-state index contributed by atoms with van der Waals surface area (Å²) in [7, 11) is 1.48. The topological polar surface area (TPSA) is 108 Å². The van der Waals surface area contributed by atoms with Crippen molar-refractivity contribution < 1.29 is 24.2 Å². The van der Waals surface area contributed by atoms with Crippen molar-refractivity contribution in [2.24, 2.45) is 0 Å². The number of aliphatic hydroxyl groups excluding tert-OH is 1. The summed E-state index contributed by atoms with van der Waals surface area (Å²) in [6.45, 7) is 2.96. The van der Waals surface area contributed by atoms with E-state index >= 15 is 0 Å². The average Bonchev–Trinajstić information content (AvgIpc) is 2.52. The number of amides is 4. The van der Waals surface area contributed by atoms with E-state index in [-0.39, 0.29) is 25.8 Å². The van der Waals surface area contributed by atoms with E-state index < -0.39 is 23.4 Å². The minimum Gasteiger partial charge on any atom is -0.396 e. The van der Waals surface area contributed by atoms with Gasteiger partial charge in [-0.25, -0.2) is 4.79 Å². The molecule has 3 N–H and O–H groups in total. The first-order valence-electron chi connectivity index (χ1n) is 6.35. The Morgan fingerprint density at radius 3 is 2.60 bits per heavy atom. The van der Waals surface area contributed by atoms with Crippen LogP contribution in [0.2, 0.25) is 0 Å². The second-order valence-electron chi connectivity index (χ2n) is 5.18. The molecule has 1 fully saturated rings. The lowest BCUT2D eigenvalue weighted by Gasteiger charge is -2.19. The Bertz CT molecular complexity index is 391. The number of rotatable bonds is 7. The van der Waals surface area contributed by atoms with Gasteiger partial charge < -0.3 is 20.5 Å². The third-order valence-electron chi connectivity index (χ3n) is 2.96. The van der Waals surface area contributed by atoms with E-state index in [1.165, 1.54) is 7.11 Å². The highest BCUT2D eigenvalue weighted by Gasteiger charge is 2.44. The lowest BCUT2D eigenvalue weighted by molar-refractivity contribution is -0.134. The molecular formula is C12H21N3O5. The molecule has 0 radical (unpaired) electrons. The molecule has 8 heteroatoms. The molecule has 0 saturated carbocycles. The maximum Gasteiger partial charge on any atom is 0.325 e. The number of hydrogen-bond acceptors (Lipinski definition) is 5. The van der Waals surface area contributed by atoms with E-state index in [2.05, 4.69) is 10.6 Å². The number of nitrogens with one attached hydrogen (secondary N) is 2. The predicted molar refractivity (Wildman–Crippen MR) is 69.8 cm³/mol. The Labute approximate surface area is 117 Å². The number of urea groups is 1. The van der Waals surface area contributed by atoms with Crippen molar-refractivity contribution in [2.75, 3.05) is 26.9 Å². The van der Waals surface area contributed by atoms with Crippen LogP contribution in [0, 0.1) is 0 Å². The molecule has 4 amide bonds. The average molecular weight is 287 g/mol. The van der Waals surface area contributed by atoms with Gasteiger partial charge in [0.15, 0.2) is 0 Å². The van der Waals surface area contributed by atoms with Crippen molar-refractivity contribution >= 4 is 17.8 Å². The first kappa shape index (κ1) is 16.4. The maximum absolute atomic E-state index is 11.9. The fourth-order valence-electron chi connectivity index (χ4n) is 1.93. The molecule has 1 rings (SSSR count). The fraction of sp³-hybridized carbons (Fsp3) is 0.750. The monoisotopic (exact) mass is 287 g/mol. The van der Waals surface area contributed by atoms with E-state index in [0.29, 0.717) is 6.42 Å². The first-order valence-corrected chi connectivity index (χ1v) is 6.35. The largest absolute Gasteiger partial charge is 0.396 e. The van der Waals surface area contributed by atoms with Crippen LogP contribution in [0.1, 0.15) is 20.3 Å². The third kappa shape index (κ3) is 3.91. The van der Waals surface area contributed by atoms with Gasteiger partial charge in [0, 0.05) is 13.7 Å². The third-order valence-corrected chi connectivity index (χ3v) is 2.96. The number of ether oxygens (including phenoxy) is 1. The number of carbonyl (C=O) groups is 3. The van der Waals surface area contributed by atoms with E-state index in [1.54, 1.807) is 13.8 Å². The van der Waals surface area contributed by atoms with Gasteiger partial charge in [-0.15, -0.1) is 0 Å². The molecule has 0 bridgehead atoms. The summed E-state index contributed by atoms with van der Waals surface area (Å²) in [5, 5.41) is 14.0. The Kier molecular flexibility index (Phi) is 5.46. The van der Waals surface area contributed by atoms with Crippen LogP contribution in [0.25, 0.3) is 0 Å². The number of carbonyl (C=O) groups excluding carboxylic acids is 3. The Morgan fingerprint density at radius 1 is 1.50 bits per heavy atom. The van der Waals surface area contributed by atoms with E-state index in [1.807, 2.05) is 0 Å². The smallest absolute Gasteiger partial charge is 0.325 e. The summed E-state index contributed by atoms with van der Waals surface area (Å²) in [5.41, 5.74) is -0.992. The molecule has 1 atom stereocenters. The van der Waals surface area contributed by atoms with Crippen LogP contribution in [-0.2, 0) is 14.3 Å². The Balaban J connectivity index is 2.57. The number of hydrogen-bond donors (Lipinski definition) is 3. The Hall–Kier alpha value is -1.67. The van der Waals surface area contributed by atoms with Crippen LogP contribution in [0.5, 0.6) is 0 Å². The van der Waals surface area contributed by atoms with Gasteiger partial charge in [0.1, 0.15) is 12.1 Å². The van der Waals surface area contributed by atoms with Crippen LogP contribution in [0.3, 0.4) is 0 Å². The molecule has 1 heterocycles. The maximum atomic E-state index is 11.9. The lowest BCUT2D eigenvalue weighted by atomic mass is 10.1. The molecule has 0 aliphatic carbocycles. The van der Waals surface area contributed by atoms with Crippen molar-refractivity contribution in [3.8, 4) is 0 Å². The molecule has 1 saturated heterocycles. The van der Waals surface area contributed by atoms with Crippen LogP contribution >= 0.6 is 0 Å². The van der Waals surface area contributed by atoms with Crippen LogP contribution in [0.15, 0.2) is 0 Å². The summed E-state index contributed by atoms with van der Waals surface area (Å²) in [5.74, 6) is -0.912. The second-order valence-corrected chi connectivity index (χ2v) is 5.18. The molecular weight excluding hydrogens is 266 g/mol. The lowest BCUT2D eigenvalue weighted by Crippen LogP contribution is -2.46. The number of methoxy groups -OCH3 is 1. The van der Waals surface area contributed by atoms with Crippen LogP contribution in [-0.4, -0.2) is 66.3 Å². The van der Waals surface area contributed by atoms with Crippen molar-refractivity contribution in [1.82, 2.24) is 15.5 Å². The molecule has 1 unspecified atom stereocenters. The highest BCUT2D eigenvalue weighted by Crippen LogP contribution is 2.15. The van der Waals surface area contributed by atoms with Crippen LogP contribution < -0.4 is 10.6 Å². The number of aliphatic hydroxyl groups is 1. The SMILES string of the molecule is COCC(CCO)NC(=O)CN1C(=O)NC(C)(C)C1=O. The first-order chi connectivity index (χ1) is 9.31. The zero-order valence-corrected chi connectivity index (χ0v) is 11.9. The van der Waals surface area contributed by atoms with Gasteiger partial charge in [0.2, 0.25) is 5.91 Å². The van der Waals surface area contributed by atoms with Gasteiger partial charge in [-0.2, -0.15) is 0 Å². The van der Waals surface area contributed by atoms with Gasteiger partial charge in [-0.1, -0.05) is 0 Å². The summed E-state index contributed by atoms with van der Waals surface area (Å²) in [6.07, 6.45) is 0.339. The molecule has 0 aromatic heterocycles. The number of nitrogens with zero attached hydrogens (tertiary/aromatic N) is 1. The van der Waals surface area contributed by atoms with Crippen molar-refractivity contribution in [2.45, 2.75) is 31.8 Å². The van der Waals surface area contributed by atoms with Gasteiger partial charge in [-0.05, 0) is 20.3 Å². The molecule has 1 aliphatic heterocycles. The standard InChI is InChI=1S/C12H21N3O5/c1-12(2)10(18)15(11(19)14-12)6-9(17)13-8(4-5-16)7-20-3/h8,16H,4-7H2,1-3H3,(H,13,17)(H,14,19). The molecule has 0 aromatic rings. The quantitative estimate of drug-likeness (QED) is 0.511. The highest BCUT2D eigenvalue weighted by atomic mass is 16.5. The second kappa shape index (κ2) is 6.67. The highest BCUT2D eigenvalue weighted by molar-refractivity contribution is 6.08. The van der Waals surface area contributed by atoms with Crippen molar-refractivity contribution in [3.05, 3.63) is 0 Å². The predicted octanol–water partition coefficient (Wildman–Crippen LogP) is -1.17. The summed E-state index contributed by atoms with van der Waals surface area (Å²) in [4.78, 5) is 36.2. The molecule has 20 heavy (non-hydrogen) atoms. The zero-order valence-electron chi connectivity index (χ0n) is 11.9. The molecule has 0 aromatic carbocycles. The fourth-order valence-corrected chi connectivity index (χ4v) is 1.93. The molecule has 114 valence electrons. The van der Waals surface area contributed by atoms with Gasteiger partial charge in [0.25, 0.3) is 5.91 Å². The van der Waals surface area contributed by atoms with Gasteiger partial charge in [-0.3, -0.25) is 14.5 Å². The zero-order chi connectivity index (χ0) is 15.3. The molecule has 8 nitrogen and oxygen atoms in total. The molecule has 1 aliphatic rings. The van der Waals surface area contributed by atoms with E-state index in [4.69, 9.17) is 9.84 Å². The summed E-state index contributed by atoms with van der Waals surface area (Å²) in [6, 6.07) is -0.938. The summed E-state index contributed by atoms with van der Waals surface area (Å²) >= 11 is 0. The van der Waals surface area contributed by atoms with Crippen molar-refractivity contribution in [1.29, 1.82) is 0 Å². The normalized spacial score (nSPS) is 18.9. The molecule has 0 spiro atoms.